The van der Waals surface area contributed by atoms with Crippen LogP contribution in [0.2, 0.25) is 0 Å². The summed E-state index contributed by atoms with van der Waals surface area (Å²) in [6.45, 7) is 4.45. The summed E-state index contributed by atoms with van der Waals surface area (Å²) in [5.41, 5.74) is 1.45. The van der Waals surface area contributed by atoms with Gasteiger partial charge in [0.25, 0.3) is 5.91 Å². The van der Waals surface area contributed by atoms with Gasteiger partial charge in [0.05, 0.1) is 18.7 Å². The number of Topliss-reactive ketones (excluding diaryl/α,β-unsaturated/α-hetero) is 1. The maximum Gasteiger partial charge on any atom is 0.251 e. The molecule has 5 atom stereocenters. The van der Waals surface area contributed by atoms with Gasteiger partial charge in [0, 0.05) is 44.9 Å². The molecule has 2 aliphatic heterocycles. The van der Waals surface area contributed by atoms with E-state index >= 15 is 0 Å². The lowest BCUT2D eigenvalue weighted by molar-refractivity contribution is -0.140. The lowest BCUT2D eigenvalue weighted by atomic mass is 9.86. The van der Waals surface area contributed by atoms with Gasteiger partial charge in [0.15, 0.2) is 5.78 Å². The van der Waals surface area contributed by atoms with Crippen molar-refractivity contribution in [1.29, 1.82) is 0 Å². The molecular formula is C29H42N4O5. The molecule has 3 amide bonds. The molecule has 9 heteroatoms. The smallest absolute Gasteiger partial charge is 0.251 e. The summed E-state index contributed by atoms with van der Waals surface area (Å²) in [6.07, 6.45) is 4.49. The van der Waals surface area contributed by atoms with Gasteiger partial charge in [-0.3, -0.25) is 19.2 Å². The van der Waals surface area contributed by atoms with Crippen LogP contribution in [0, 0.1) is 11.8 Å². The minimum atomic E-state index is -0.742. The number of hydrogen-bond donors (Lipinski definition) is 1. The van der Waals surface area contributed by atoms with E-state index in [2.05, 4.69) is 5.32 Å². The third-order valence-corrected chi connectivity index (χ3v) is 8.25. The van der Waals surface area contributed by atoms with Crippen LogP contribution in [0.1, 0.15) is 62.7 Å². The van der Waals surface area contributed by atoms with Crippen molar-refractivity contribution in [3.63, 3.8) is 0 Å². The minimum Gasteiger partial charge on any atom is -0.381 e. The van der Waals surface area contributed by atoms with Gasteiger partial charge in [0.1, 0.15) is 12.1 Å². The molecule has 2 saturated heterocycles. The number of likely N-dealkylation sites (tertiary alicyclic amines) is 2. The second-order valence-electron chi connectivity index (χ2n) is 11.6. The van der Waals surface area contributed by atoms with Crippen LogP contribution in [-0.2, 0) is 19.1 Å². The second-order valence-corrected chi connectivity index (χ2v) is 11.6. The molecule has 0 spiro atoms. The molecule has 0 radical (unpaired) electrons. The van der Waals surface area contributed by atoms with Gasteiger partial charge in [-0.05, 0) is 62.3 Å². The summed E-state index contributed by atoms with van der Waals surface area (Å²) < 4.78 is 5.50. The van der Waals surface area contributed by atoms with Crippen molar-refractivity contribution in [2.45, 2.75) is 76.6 Å². The summed E-state index contributed by atoms with van der Waals surface area (Å²) in [5.74, 6) is -0.626. The second kappa shape index (κ2) is 11.8. The first kappa shape index (κ1) is 28.1. The van der Waals surface area contributed by atoms with Gasteiger partial charge in [-0.15, -0.1) is 0 Å². The Morgan fingerprint density at radius 3 is 2.42 bits per heavy atom. The van der Waals surface area contributed by atoms with Crippen molar-refractivity contribution in [3.8, 4) is 0 Å². The summed E-state index contributed by atoms with van der Waals surface area (Å²) in [5, 5.41) is 2.93. The highest BCUT2D eigenvalue weighted by Gasteiger charge is 2.53. The van der Waals surface area contributed by atoms with E-state index in [1.54, 1.807) is 29.0 Å². The molecule has 1 aliphatic carbocycles. The highest BCUT2D eigenvalue weighted by molar-refractivity contribution is 6.01. The zero-order chi connectivity index (χ0) is 27.6. The van der Waals surface area contributed by atoms with Crippen molar-refractivity contribution in [1.82, 2.24) is 15.1 Å². The van der Waals surface area contributed by atoms with E-state index in [-0.39, 0.29) is 54.0 Å². The Morgan fingerprint density at radius 1 is 1.08 bits per heavy atom. The number of benzene rings is 1. The van der Waals surface area contributed by atoms with Crippen molar-refractivity contribution in [3.05, 3.63) is 29.8 Å². The Hall–Kier alpha value is -2.94. The Labute approximate surface area is 225 Å². The minimum absolute atomic E-state index is 0.00935. The summed E-state index contributed by atoms with van der Waals surface area (Å²) >= 11 is 0. The molecule has 3 fully saturated rings. The van der Waals surface area contributed by atoms with E-state index in [0.717, 1.165) is 24.9 Å². The maximum absolute atomic E-state index is 13.8. The largest absolute Gasteiger partial charge is 0.381 e. The molecule has 3 aliphatic rings. The van der Waals surface area contributed by atoms with Crippen LogP contribution in [0.4, 0.5) is 5.69 Å². The molecule has 9 nitrogen and oxygen atoms in total. The Morgan fingerprint density at radius 2 is 1.79 bits per heavy atom. The summed E-state index contributed by atoms with van der Waals surface area (Å²) in [7, 11) is 5.54. The third-order valence-electron chi connectivity index (χ3n) is 8.25. The molecule has 1 aromatic rings. The van der Waals surface area contributed by atoms with Crippen LogP contribution in [0.5, 0.6) is 0 Å². The molecule has 1 aromatic carbocycles. The average Bonchev–Trinajstić information content (AvgIpc) is 3.48. The monoisotopic (exact) mass is 526 g/mol. The number of ether oxygens (including phenoxy) is 1. The van der Waals surface area contributed by atoms with Gasteiger partial charge >= 0.3 is 0 Å². The van der Waals surface area contributed by atoms with E-state index in [1.165, 1.54) is 0 Å². The predicted molar refractivity (Wildman–Crippen MR) is 145 cm³/mol. The molecular weight excluding hydrogens is 484 g/mol. The Balaban J connectivity index is 1.46. The summed E-state index contributed by atoms with van der Waals surface area (Å²) in [6, 6.07) is 5.54. The van der Waals surface area contributed by atoms with Gasteiger partial charge in [0.2, 0.25) is 11.8 Å². The number of fused-ring (bicyclic) bond motifs is 1. The first-order valence-electron chi connectivity index (χ1n) is 13.8. The number of nitrogens with one attached hydrogen (secondary N) is 1. The van der Waals surface area contributed by atoms with Crippen LogP contribution in [0.25, 0.3) is 0 Å². The standard InChI is InChI=1S/C29H42N4O5/c1-18(2)15-23(30-27(35)19-9-11-21(12-10-19)31(3)4)29(37)32-14-13-24-26(32)25(34)17-33(24)28(36)20-7-6-8-22(16-20)38-5/h9-12,18,20,22-24,26H,6-8,13-17H2,1-5H3,(H,30,35)/t20?,22?,23-,24+,26-/m0/s1. The maximum atomic E-state index is 13.8. The number of amides is 3. The van der Waals surface area contributed by atoms with Gasteiger partial charge in [-0.25, -0.2) is 0 Å². The topological polar surface area (TPSA) is 99.3 Å². The zero-order valence-electron chi connectivity index (χ0n) is 23.3. The van der Waals surface area contributed by atoms with Crippen LogP contribution >= 0.6 is 0 Å². The molecule has 4 rings (SSSR count). The number of methoxy groups -OCH3 is 1. The molecule has 208 valence electrons. The number of carbonyl (C=O) groups is 4. The molecule has 0 bridgehead atoms. The predicted octanol–water partition coefficient (Wildman–Crippen LogP) is 2.48. The van der Waals surface area contributed by atoms with E-state index < -0.39 is 12.1 Å². The SMILES string of the molecule is COC1CCCC(C(=O)N2CC(=O)[C@@H]3[C@H]2CCN3C(=O)[C@H](CC(C)C)NC(=O)c2ccc(N(C)C)cc2)C1. The fraction of sp³-hybridized carbons (Fsp3) is 0.655. The normalized spacial score (nSPS) is 25.9. The zero-order valence-corrected chi connectivity index (χ0v) is 23.3. The molecule has 0 aromatic heterocycles. The lowest BCUT2D eigenvalue weighted by Crippen LogP contribution is -2.53. The fourth-order valence-corrected chi connectivity index (χ4v) is 6.22. The Kier molecular flexibility index (Phi) is 8.75. The van der Waals surface area contributed by atoms with Crippen LogP contribution < -0.4 is 10.2 Å². The Bertz CT molecular complexity index is 1040. The number of ketones is 1. The molecule has 1 saturated carbocycles. The van der Waals surface area contributed by atoms with E-state index in [4.69, 9.17) is 4.74 Å². The van der Waals surface area contributed by atoms with Crippen LogP contribution in [0.3, 0.4) is 0 Å². The number of nitrogens with zero attached hydrogens (tertiary/aromatic N) is 3. The number of carbonyl (C=O) groups excluding carboxylic acids is 4. The first-order chi connectivity index (χ1) is 18.1. The third kappa shape index (κ3) is 5.87. The number of rotatable bonds is 8. The van der Waals surface area contributed by atoms with Crippen molar-refractivity contribution in [2.75, 3.05) is 39.2 Å². The van der Waals surface area contributed by atoms with Crippen LogP contribution in [-0.4, -0.2) is 91.8 Å². The van der Waals surface area contributed by atoms with Crippen molar-refractivity contribution in [2.24, 2.45) is 11.8 Å². The van der Waals surface area contributed by atoms with E-state index in [0.29, 0.717) is 31.4 Å². The quantitative estimate of drug-likeness (QED) is 0.559. The molecule has 2 heterocycles. The van der Waals surface area contributed by atoms with Crippen molar-refractivity contribution < 1.29 is 23.9 Å². The van der Waals surface area contributed by atoms with Gasteiger partial charge in [-0.2, -0.15) is 0 Å². The number of hydrogen-bond acceptors (Lipinski definition) is 6. The first-order valence-corrected chi connectivity index (χ1v) is 13.8. The van der Waals surface area contributed by atoms with Gasteiger partial charge in [-0.1, -0.05) is 20.3 Å². The molecule has 1 N–H and O–H groups in total. The van der Waals surface area contributed by atoms with E-state index in [9.17, 15) is 19.2 Å². The number of anilines is 1. The molecule has 2 unspecified atom stereocenters. The highest BCUT2D eigenvalue weighted by Crippen LogP contribution is 2.35. The molecule has 38 heavy (non-hydrogen) atoms. The van der Waals surface area contributed by atoms with E-state index in [1.807, 2.05) is 45.0 Å². The average molecular weight is 527 g/mol. The fourth-order valence-electron chi connectivity index (χ4n) is 6.22. The summed E-state index contributed by atoms with van der Waals surface area (Å²) in [4.78, 5) is 58.7. The lowest BCUT2D eigenvalue weighted by Gasteiger charge is -2.32. The van der Waals surface area contributed by atoms with Gasteiger partial charge < -0.3 is 24.8 Å². The highest BCUT2D eigenvalue weighted by atomic mass is 16.5. The van der Waals surface area contributed by atoms with Crippen LogP contribution in [0.15, 0.2) is 24.3 Å². The van der Waals surface area contributed by atoms with Crippen molar-refractivity contribution >= 4 is 29.2 Å².